The van der Waals surface area contributed by atoms with E-state index in [4.69, 9.17) is 9.72 Å². The molecule has 1 aliphatic heterocycles. The van der Waals surface area contributed by atoms with Crippen molar-refractivity contribution in [3.05, 3.63) is 77.7 Å². The normalized spacial score (nSPS) is 15.9. The molecule has 4 aromatic rings. The van der Waals surface area contributed by atoms with Crippen LogP contribution in [-0.2, 0) is 6.18 Å². The van der Waals surface area contributed by atoms with Crippen molar-refractivity contribution in [3.8, 4) is 34.4 Å². The van der Waals surface area contributed by atoms with E-state index in [0.717, 1.165) is 42.8 Å². The smallest absolute Gasteiger partial charge is 0.416 e. The van der Waals surface area contributed by atoms with Crippen molar-refractivity contribution in [2.45, 2.75) is 45.3 Å². The standard InChI is InChI=1S/C28H28F3N5O/c1-17(2)20-5-4-18(3)24(14-20)37-27-33-13-11-23(35-27)26-25(34-16-36(26)22-10-12-32-15-22)19-6-8-21(9-7-19)28(29,30)31/h4-9,11,13-14,16-17,22,32H,10,12,15H2,1-3H3/t22-/m0/s1. The number of aromatic nitrogens is 4. The third-order valence-electron chi connectivity index (χ3n) is 6.66. The Morgan fingerprint density at radius 3 is 2.51 bits per heavy atom. The Balaban J connectivity index is 1.56. The van der Waals surface area contributed by atoms with Crippen molar-refractivity contribution in [1.29, 1.82) is 0 Å². The molecular weight excluding hydrogens is 479 g/mol. The van der Waals surface area contributed by atoms with E-state index in [1.807, 2.05) is 23.6 Å². The SMILES string of the molecule is Cc1ccc(C(C)C)cc1Oc1nccc(-c2c(-c3ccc(C(F)(F)F)cc3)ncn2[C@H]2CCNC2)n1. The van der Waals surface area contributed by atoms with E-state index in [1.54, 1.807) is 18.6 Å². The lowest BCUT2D eigenvalue weighted by atomic mass is 10.0. The quantitative estimate of drug-likeness (QED) is 0.312. The van der Waals surface area contributed by atoms with E-state index in [-0.39, 0.29) is 12.1 Å². The van der Waals surface area contributed by atoms with E-state index >= 15 is 0 Å². The number of hydrogen-bond donors (Lipinski definition) is 1. The second-order valence-corrected chi connectivity index (χ2v) is 9.58. The minimum atomic E-state index is -4.40. The number of aryl methyl sites for hydroxylation is 1. The third kappa shape index (κ3) is 5.22. The van der Waals surface area contributed by atoms with Crippen molar-refractivity contribution in [3.63, 3.8) is 0 Å². The van der Waals surface area contributed by atoms with Crippen LogP contribution in [0.4, 0.5) is 13.2 Å². The summed E-state index contributed by atoms with van der Waals surface area (Å²) in [7, 11) is 0. The highest BCUT2D eigenvalue weighted by Crippen LogP contribution is 2.37. The number of benzene rings is 2. The van der Waals surface area contributed by atoms with Gasteiger partial charge in [0, 0.05) is 24.3 Å². The van der Waals surface area contributed by atoms with Crippen molar-refractivity contribution in [2.24, 2.45) is 0 Å². The Labute approximate surface area is 213 Å². The van der Waals surface area contributed by atoms with Gasteiger partial charge in [0.2, 0.25) is 0 Å². The summed E-state index contributed by atoms with van der Waals surface area (Å²) in [6.07, 6.45) is -0.134. The minimum Gasteiger partial charge on any atom is -0.424 e. The molecule has 3 heterocycles. The van der Waals surface area contributed by atoms with E-state index in [9.17, 15) is 13.2 Å². The fourth-order valence-corrected chi connectivity index (χ4v) is 4.50. The van der Waals surface area contributed by atoms with Crippen LogP contribution in [0.3, 0.4) is 0 Å². The highest BCUT2D eigenvalue weighted by molar-refractivity contribution is 5.77. The maximum absolute atomic E-state index is 13.1. The highest BCUT2D eigenvalue weighted by atomic mass is 19.4. The molecule has 37 heavy (non-hydrogen) atoms. The zero-order valence-corrected chi connectivity index (χ0v) is 20.9. The molecule has 6 nitrogen and oxygen atoms in total. The molecule has 0 unspecified atom stereocenters. The third-order valence-corrected chi connectivity index (χ3v) is 6.66. The van der Waals surface area contributed by atoms with Gasteiger partial charge in [0.15, 0.2) is 0 Å². The van der Waals surface area contributed by atoms with E-state index in [0.29, 0.717) is 34.3 Å². The average Bonchev–Trinajstić information content (AvgIpc) is 3.55. The van der Waals surface area contributed by atoms with E-state index < -0.39 is 11.7 Å². The lowest BCUT2D eigenvalue weighted by Gasteiger charge is -2.16. The summed E-state index contributed by atoms with van der Waals surface area (Å²) in [5, 5.41) is 3.36. The molecule has 1 saturated heterocycles. The number of nitrogens with one attached hydrogen (secondary N) is 1. The summed E-state index contributed by atoms with van der Waals surface area (Å²) in [6, 6.07) is 13.3. The van der Waals surface area contributed by atoms with Gasteiger partial charge in [-0.1, -0.05) is 38.1 Å². The molecule has 2 aromatic carbocycles. The molecular formula is C28H28F3N5O. The lowest BCUT2D eigenvalue weighted by molar-refractivity contribution is -0.137. The predicted octanol–water partition coefficient (Wildman–Crippen LogP) is 6.78. The molecule has 1 aliphatic rings. The van der Waals surface area contributed by atoms with E-state index in [2.05, 4.69) is 35.2 Å². The Hall–Kier alpha value is -3.72. The number of halogens is 3. The zero-order chi connectivity index (χ0) is 26.2. The Morgan fingerprint density at radius 2 is 1.84 bits per heavy atom. The summed E-state index contributed by atoms with van der Waals surface area (Å²) in [4.78, 5) is 13.6. The van der Waals surface area contributed by atoms with Crippen molar-refractivity contribution in [2.75, 3.05) is 13.1 Å². The van der Waals surface area contributed by atoms with Crippen LogP contribution in [0.25, 0.3) is 22.6 Å². The van der Waals surface area contributed by atoms with Crippen LogP contribution in [0.15, 0.2) is 61.1 Å². The van der Waals surface area contributed by atoms with Crippen molar-refractivity contribution < 1.29 is 17.9 Å². The first-order valence-electron chi connectivity index (χ1n) is 12.3. The summed E-state index contributed by atoms with van der Waals surface area (Å²) in [5.41, 5.74) is 3.85. The molecule has 0 bridgehead atoms. The van der Waals surface area contributed by atoms with Crippen LogP contribution >= 0.6 is 0 Å². The van der Waals surface area contributed by atoms with Crippen LogP contribution in [0.2, 0.25) is 0 Å². The largest absolute Gasteiger partial charge is 0.424 e. The van der Waals surface area contributed by atoms with Gasteiger partial charge >= 0.3 is 12.2 Å². The predicted molar refractivity (Wildman–Crippen MR) is 136 cm³/mol. The first-order valence-corrected chi connectivity index (χ1v) is 12.3. The Bertz CT molecular complexity index is 1390. The van der Waals surface area contributed by atoms with Gasteiger partial charge in [-0.15, -0.1) is 0 Å². The second kappa shape index (κ2) is 9.97. The topological polar surface area (TPSA) is 64.9 Å². The fourth-order valence-electron chi connectivity index (χ4n) is 4.50. The number of rotatable bonds is 6. The molecule has 0 amide bonds. The van der Waals surface area contributed by atoms with E-state index in [1.165, 1.54) is 12.1 Å². The van der Waals surface area contributed by atoms with Crippen LogP contribution in [0, 0.1) is 6.92 Å². The van der Waals surface area contributed by atoms with Crippen molar-refractivity contribution >= 4 is 0 Å². The summed E-state index contributed by atoms with van der Waals surface area (Å²) >= 11 is 0. The number of alkyl halides is 3. The average molecular weight is 508 g/mol. The highest BCUT2D eigenvalue weighted by Gasteiger charge is 2.30. The molecule has 1 fully saturated rings. The molecule has 0 aliphatic carbocycles. The zero-order valence-electron chi connectivity index (χ0n) is 20.9. The van der Waals surface area contributed by atoms with Gasteiger partial charge < -0.3 is 14.6 Å². The maximum Gasteiger partial charge on any atom is 0.416 e. The number of nitrogens with zero attached hydrogens (tertiary/aromatic N) is 4. The summed E-state index contributed by atoms with van der Waals surface area (Å²) in [5.74, 6) is 1.02. The van der Waals surface area contributed by atoms with Crippen LogP contribution in [0.1, 0.15) is 48.9 Å². The lowest BCUT2D eigenvalue weighted by Crippen LogP contribution is -2.14. The molecule has 0 spiro atoms. The summed E-state index contributed by atoms with van der Waals surface area (Å²) < 4.78 is 47.6. The molecule has 0 saturated carbocycles. The van der Waals surface area contributed by atoms with Gasteiger partial charge in [-0.2, -0.15) is 18.2 Å². The molecule has 9 heteroatoms. The Morgan fingerprint density at radius 1 is 1.05 bits per heavy atom. The monoisotopic (exact) mass is 507 g/mol. The number of hydrogen-bond acceptors (Lipinski definition) is 5. The minimum absolute atomic E-state index is 0.148. The van der Waals surface area contributed by atoms with Gasteiger partial charge in [0.1, 0.15) is 5.75 Å². The maximum atomic E-state index is 13.1. The van der Waals surface area contributed by atoms with Gasteiger partial charge in [0.05, 0.1) is 29.0 Å². The van der Waals surface area contributed by atoms with Gasteiger partial charge in [-0.25, -0.2) is 9.97 Å². The van der Waals surface area contributed by atoms with Gasteiger partial charge in [-0.3, -0.25) is 0 Å². The molecule has 0 radical (unpaired) electrons. The molecule has 192 valence electrons. The fraction of sp³-hybridized carbons (Fsp3) is 0.321. The first-order chi connectivity index (χ1) is 17.7. The van der Waals surface area contributed by atoms with Crippen molar-refractivity contribution in [1.82, 2.24) is 24.8 Å². The van der Waals surface area contributed by atoms with Crippen LogP contribution in [-0.4, -0.2) is 32.6 Å². The van der Waals surface area contributed by atoms with Crippen LogP contribution < -0.4 is 10.1 Å². The molecule has 5 rings (SSSR count). The van der Waals surface area contributed by atoms with Crippen LogP contribution in [0.5, 0.6) is 11.8 Å². The molecule has 1 atom stereocenters. The molecule has 2 aromatic heterocycles. The number of imidazole rings is 1. The van der Waals surface area contributed by atoms with Gasteiger partial charge in [0.25, 0.3) is 0 Å². The number of ether oxygens (including phenoxy) is 1. The summed E-state index contributed by atoms with van der Waals surface area (Å²) in [6.45, 7) is 7.85. The first kappa shape index (κ1) is 25.0. The molecule has 1 N–H and O–H groups in total. The van der Waals surface area contributed by atoms with Gasteiger partial charge in [-0.05, 0) is 61.2 Å². The second-order valence-electron chi connectivity index (χ2n) is 9.58. The Kier molecular flexibility index (Phi) is 6.72.